The lowest BCUT2D eigenvalue weighted by molar-refractivity contribution is -0.114. The molecule has 5 nitrogen and oxygen atoms in total. The number of anilines is 1. The molecule has 150 valence electrons. The molecule has 1 amide bonds. The van der Waals surface area contributed by atoms with Gasteiger partial charge in [0.25, 0.3) is 5.91 Å². The van der Waals surface area contributed by atoms with Crippen molar-refractivity contribution in [3.05, 3.63) is 74.9 Å². The van der Waals surface area contributed by atoms with Crippen LogP contribution in [0.4, 0.5) is 5.69 Å². The van der Waals surface area contributed by atoms with Gasteiger partial charge in [0.2, 0.25) is 0 Å². The van der Waals surface area contributed by atoms with E-state index in [0.717, 1.165) is 38.1 Å². The fourth-order valence-corrected chi connectivity index (χ4v) is 4.95. The van der Waals surface area contributed by atoms with Gasteiger partial charge >= 0.3 is 0 Å². The van der Waals surface area contributed by atoms with Crippen LogP contribution in [-0.4, -0.2) is 16.2 Å². The largest absolute Gasteiger partial charge is 0.308 e. The molecule has 6 heteroatoms. The van der Waals surface area contributed by atoms with Gasteiger partial charge in [-0.3, -0.25) is 4.79 Å². The predicted octanol–water partition coefficient (Wildman–Crippen LogP) is 5.45. The average Bonchev–Trinajstić information content (AvgIpc) is 3.28. The van der Waals surface area contributed by atoms with E-state index in [4.69, 9.17) is 0 Å². The number of hydrogen-bond donors (Lipinski definition) is 0. The van der Waals surface area contributed by atoms with Gasteiger partial charge < -0.3 is 4.57 Å². The summed E-state index contributed by atoms with van der Waals surface area (Å²) in [7, 11) is 0. The van der Waals surface area contributed by atoms with Crippen molar-refractivity contribution in [2.24, 2.45) is 5.10 Å². The Morgan fingerprint density at radius 1 is 1.10 bits per heavy atom. The van der Waals surface area contributed by atoms with E-state index in [1.807, 2.05) is 71.0 Å². The van der Waals surface area contributed by atoms with E-state index < -0.39 is 0 Å². The van der Waals surface area contributed by atoms with Gasteiger partial charge in [-0.1, -0.05) is 18.2 Å². The van der Waals surface area contributed by atoms with Gasteiger partial charge in [-0.05, 0) is 70.0 Å². The Labute approximate surface area is 180 Å². The minimum atomic E-state index is -0.135. The number of nitriles is 1. The summed E-state index contributed by atoms with van der Waals surface area (Å²) in [6.45, 7) is 9.92. The molecule has 2 aromatic heterocycles. The Morgan fingerprint density at radius 3 is 2.47 bits per heavy atom. The van der Waals surface area contributed by atoms with E-state index in [1.165, 1.54) is 5.01 Å². The highest BCUT2D eigenvalue weighted by Crippen LogP contribution is 2.34. The second kappa shape index (κ2) is 7.43. The molecule has 0 spiro atoms. The third-order valence-corrected chi connectivity index (χ3v) is 6.71. The van der Waals surface area contributed by atoms with Crippen LogP contribution < -0.4 is 5.01 Å². The predicted molar refractivity (Wildman–Crippen MR) is 122 cm³/mol. The molecule has 1 aliphatic heterocycles. The minimum absolute atomic E-state index is 0.135. The van der Waals surface area contributed by atoms with E-state index in [9.17, 15) is 10.1 Å². The van der Waals surface area contributed by atoms with Crippen LogP contribution >= 0.6 is 11.3 Å². The molecule has 0 saturated heterocycles. The van der Waals surface area contributed by atoms with Crippen molar-refractivity contribution in [1.29, 1.82) is 5.26 Å². The van der Waals surface area contributed by atoms with Gasteiger partial charge in [0.15, 0.2) is 0 Å². The SMILES string of the molecule is CC1=NN(c2ccccc2)C(=O)/C1=C/c1cc(C)n(-c2sc(C)c(C)c2C#N)c1C. The number of carbonyl (C=O) groups excluding carboxylic acids is 1. The molecular weight excluding hydrogens is 392 g/mol. The van der Waals surface area contributed by atoms with Crippen molar-refractivity contribution in [2.45, 2.75) is 34.6 Å². The van der Waals surface area contributed by atoms with E-state index in [0.29, 0.717) is 16.8 Å². The maximum Gasteiger partial charge on any atom is 0.280 e. The normalized spacial score (nSPS) is 15.1. The van der Waals surface area contributed by atoms with Gasteiger partial charge in [-0.25, -0.2) is 0 Å². The summed E-state index contributed by atoms with van der Waals surface area (Å²) in [5.74, 6) is -0.135. The molecule has 4 rings (SSSR count). The molecule has 0 aliphatic carbocycles. The van der Waals surface area contributed by atoms with Crippen LogP contribution in [0.25, 0.3) is 11.1 Å². The molecule has 0 N–H and O–H groups in total. The first-order chi connectivity index (χ1) is 14.3. The molecule has 3 aromatic rings. The second-order valence-electron chi connectivity index (χ2n) is 7.43. The van der Waals surface area contributed by atoms with Crippen molar-refractivity contribution in [2.75, 3.05) is 5.01 Å². The molecule has 0 saturated carbocycles. The third-order valence-electron chi connectivity index (χ3n) is 5.52. The van der Waals surface area contributed by atoms with Crippen molar-refractivity contribution >= 4 is 34.7 Å². The van der Waals surface area contributed by atoms with Crippen LogP contribution in [0.1, 0.15) is 39.9 Å². The Morgan fingerprint density at radius 2 is 1.80 bits per heavy atom. The monoisotopic (exact) mass is 414 g/mol. The highest BCUT2D eigenvalue weighted by atomic mass is 32.1. The molecule has 0 unspecified atom stereocenters. The quantitative estimate of drug-likeness (QED) is 0.535. The van der Waals surface area contributed by atoms with Crippen LogP contribution in [0.2, 0.25) is 0 Å². The van der Waals surface area contributed by atoms with Gasteiger partial charge in [0, 0.05) is 16.3 Å². The van der Waals surface area contributed by atoms with E-state index >= 15 is 0 Å². The molecule has 3 heterocycles. The highest BCUT2D eigenvalue weighted by Gasteiger charge is 2.29. The molecule has 0 atom stereocenters. The number of rotatable bonds is 3. The zero-order chi connectivity index (χ0) is 21.6. The topological polar surface area (TPSA) is 61.4 Å². The first-order valence-electron chi connectivity index (χ1n) is 9.69. The van der Waals surface area contributed by atoms with Crippen molar-refractivity contribution < 1.29 is 4.79 Å². The summed E-state index contributed by atoms with van der Waals surface area (Å²) in [4.78, 5) is 14.2. The number of para-hydroxylation sites is 1. The number of aryl methyl sites for hydroxylation is 2. The first-order valence-corrected chi connectivity index (χ1v) is 10.5. The van der Waals surface area contributed by atoms with Crippen LogP contribution in [0.5, 0.6) is 0 Å². The number of benzene rings is 1. The van der Waals surface area contributed by atoms with Crippen molar-refractivity contribution in [3.63, 3.8) is 0 Å². The minimum Gasteiger partial charge on any atom is -0.308 e. The molecular formula is C24H22N4OS. The summed E-state index contributed by atoms with van der Waals surface area (Å²) < 4.78 is 2.11. The standard InChI is InChI=1S/C24H22N4OS/c1-14-11-19(17(4)27(14)24-22(13-25)15(2)18(5)30-24)12-21-16(3)26-28(23(21)29)20-9-7-6-8-10-20/h6-12H,1-5H3/b21-12+. The van der Waals surface area contributed by atoms with Crippen LogP contribution in [-0.2, 0) is 4.79 Å². The van der Waals surface area contributed by atoms with Crippen LogP contribution in [0, 0.1) is 39.0 Å². The lowest BCUT2D eigenvalue weighted by atomic mass is 10.1. The fourth-order valence-electron chi connectivity index (χ4n) is 3.73. The number of hydrogen-bond acceptors (Lipinski definition) is 4. The van der Waals surface area contributed by atoms with Crippen LogP contribution in [0.15, 0.2) is 47.1 Å². The maximum absolute atomic E-state index is 13.0. The third kappa shape index (κ3) is 3.08. The molecule has 0 bridgehead atoms. The molecule has 1 aliphatic rings. The fraction of sp³-hybridized carbons (Fsp3) is 0.208. The first kappa shape index (κ1) is 19.9. The second-order valence-corrected chi connectivity index (χ2v) is 8.64. The zero-order valence-electron chi connectivity index (χ0n) is 17.6. The van der Waals surface area contributed by atoms with Gasteiger partial charge in [0.05, 0.1) is 22.5 Å². The van der Waals surface area contributed by atoms with Gasteiger partial charge in [-0.2, -0.15) is 15.4 Å². The van der Waals surface area contributed by atoms with E-state index in [1.54, 1.807) is 11.3 Å². The maximum atomic E-state index is 13.0. The smallest absolute Gasteiger partial charge is 0.280 e. The Kier molecular flexibility index (Phi) is 4.92. The van der Waals surface area contributed by atoms with Crippen LogP contribution in [0.3, 0.4) is 0 Å². The Balaban J connectivity index is 1.77. The number of carbonyl (C=O) groups is 1. The molecule has 0 radical (unpaired) electrons. The number of aromatic nitrogens is 1. The van der Waals surface area contributed by atoms with Crippen molar-refractivity contribution in [1.82, 2.24) is 4.57 Å². The molecule has 1 aromatic carbocycles. The summed E-state index contributed by atoms with van der Waals surface area (Å²) >= 11 is 1.62. The van der Waals surface area contributed by atoms with E-state index in [-0.39, 0.29) is 5.91 Å². The molecule has 0 fully saturated rings. The summed E-state index contributed by atoms with van der Waals surface area (Å²) in [5.41, 5.74) is 6.73. The van der Waals surface area contributed by atoms with E-state index in [2.05, 4.69) is 21.8 Å². The van der Waals surface area contributed by atoms with Gasteiger partial charge in [-0.15, -0.1) is 11.3 Å². The highest BCUT2D eigenvalue weighted by molar-refractivity contribution is 7.14. The van der Waals surface area contributed by atoms with Crippen molar-refractivity contribution in [3.8, 4) is 11.1 Å². The number of amides is 1. The zero-order valence-corrected chi connectivity index (χ0v) is 18.5. The number of hydrazone groups is 1. The van der Waals surface area contributed by atoms with Gasteiger partial charge in [0.1, 0.15) is 11.1 Å². The summed E-state index contributed by atoms with van der Waals surface area (Å²) in [6.07, 6.45) is 1.91. The summed E-state index contributed by atoms with van der Waals surface area (Å²) in [5, 5.41) is 16.5. The Bertz CT molecular complexity index is 1270. The average molecular weight is 415 g/mol. The Hall–Kier alpha value is -3.43. The number of nitrogens with zero attached hydrogens (tertiary/aromatic N) is 4. The lowest BCUT2D eigenvalue weighted by Gasteiger charge is -2.11. The summed E-state index contributed by atoms with van der Waals surface area (Å²) in [6, 6.07) is 13.8. The number of thiophene rings is 1. The molecule has 30 heavy (non-hydrogen) atoms. The lowest BCUT2D eigenvalue weighted by Crippen LogP contribution is -2.21.